The van der Waals surface area contributed by atoms with Crippen molar-refractivity contribution in [2.24, 2.45) is 5.92 Å². The lowest BCUT2D eigenvalue weighted by Gasteiger charge is -2.23. The second kappa shape index (κ2) is 5.93. The number of piperidine rings is 1. The molecule has 0 aliphatic carbocycles. The van der Waals surface area contributed by atoms with E-state index < -0.39 is 5.97 Å². The molecule has 5 heteroatoms. The van der Waals surface area contributed by atoms with E-state index in [9.17, 15) is 9.90 Å². The van der Waals surface area contributed by atoms with Gasteiger partial charge in [-0.2, -0.15) is 0 Å². The molecule has 0 amide bonds. The minimum atomic E-state index is -1.14. The van der Waals surface area contributed by atoms with Crippen molar-refractivity contribution in [1.82, 2.24) is 5.32 Å². The van der Waals surface area contributed by atoms with Crippen LogP contribution in [0.15, 0.2) is 12.1 Å². The Hall–Kier alpha value is -1.75. The number of aromatic carboxylic acids is 1. The van der Waals surface area contributed by atoms with Gasteiger partial charge in [-0.25, -0.2) is 4.79 Å². The molecule has 2 rings (SSSR count). The maximum atomic E-state index is 11.1. The monoisotopic (exact) mass is 265 g/mol. The van der Waals surface area contributed by atoms with Gasteiger partial charge in [0.2, 0.25) is 0 Å². The Morgan fingerprint density at radius 1 is 1.53 bits per heavy atom. The molecule has 1 aromatic carbocycles. The summed E-state index contributed by atoms with van der Waals surface area (Å²) in [6.45, 7) is 2.00. The molecule has 1 saturated heterocycles. The van der Waals surface area contributed by atoms with Gasteiger partial charge in [0.15, 0.2) is 11.5 Å². The van der Waals surface area contributed by atoms with E-state index in [2.05, 4.69) is 5.32 Å². The second-order valence-electron chi connectivity index (χ2n) is 4.92. The number of nitrogens with one attached hydrogen (secondary N) is 1. The van der Waals surface area contributed by atoms with E-state index in [1.165, 1.54) is 13.2 Å². The number of carboxylic acids is 1. The summed E-state index contributed by atoms with van der Waals surface area (Å²) in [6.07, 6.45) is 3.08. The average molecular weight is 265 g/mol. The van der Waals surface area contributed by atoms with Gasteiger partial charge in [0.25, 0.3) is 0 Å². The maximum absolute atomic E-state index is 11.1. The second-order valence-corrected chi connectivity index (χ2v) is 4.92. The molecule has 1 aromatic rings. The molecule has 1 fully saturated rings. The number of carbonyl (C=O) groups is 1. The first kappa shape index (κ1) is 13.7. The lowest BCUT2D eigenvalue weighted by atomic mass is 9.91. The molecule has 1 aliphatic heterocycles. The fourth-order valence-corrected chi connectivity index (χ4v) is 2.53. The van der Waals surface area contributed by atoms with Crippen LogP contribution in [-0.2, 0) is 6.42 Å². The number of rotatable bonds is 4. The first-order valence-electron chi connectivity index (χ1n) is 6.45. The molecule has 104 valence electrons. The van der Waals surface area contributed by atoms with Crippen molar-refractivity contribution in [2.45, 2.75) is 19.3 Å². The normalized spacial score (nSPS) is 19.1. The van der Waals surface area contributed by atoms with Gasteiger partial charge >= 0.3 is 5.97 Å². The predicted octanol–water partition coefficient (Wildman–Crippen LogP) is 1.64. The molecule has 1 aliphatic rings. The van der Waals surface area contributed by atoms with Crippen molar-refractivity contribution in [2.75, 3.05) is 20.2 Å². The number of hydrogen-bond acceptors (Lipinski definition) is 4. The molecule has 0 aromatic heterocycles. The van der Waals surface area contributed by atoms with Crippen molar-refractivity contribution >= 4 is 5.97 Å². The summed E-state index contributed by atoms with van der Waals surface area (Å²) in [5.74, 6) is -0.719. The van der Waals surface area contributed by atoms with E-state index in [1.807, 2.05) is 0 Å². The highest BCUT2D eigenvalue weighted by Crippen LogP contribution is 2.32. The molecular weight excluding hydrogens is 246 g/mol. The topological polar surface area (TPSA) is 78.8 Å². The highest BCUT2D eigenvalue weighted by molar-refractivity contribution is 5.92. The molecule has 5 nitrogen and oxygen atoms in total. The van der Waals surface area contributed by atoms with Gasteiger partial charge in [-0.15, -0.1) is 0 Å². The number of hydrogen-bond donors (Lipinski definition) is 3. The van der Waals surface area contributed by atoms with Gasteiger partial charge in [-0.3, -0.25) is 0 Å². The minimum absolute atomic E-state index is 0.0990. The van der Waals surface area contributed by atoms with Crippen LogP contribution in [0, 0.1) is 5.92 Å². The van der Waals surface area contributed by atoms with Gasteiger partial charge in [0.05, 0.1) is 7.11 Å². The Kier molecular flexibility index (Phi) is 4.27. The number of aromatic hydroxyl groups is 1. The largest absolute Gasteiger partial charge is 0.504 e. The van der Waals surface area contributed by atoms with E-state index in [0.717, 1.165) is 37.9 Å². The van der Waals surface area contributed by atoms with Crippen LogP contribution in [0.1, 0.15) is 28.8 Å². The zero-order chi connectivity index (χ0) is 13.8. The van der Waals surface area contributed by atoms with Gasteiger partial charge < -0.3 is 20.3 Å². The standard InChI is InChI=1S/C14H19NO4/c1-19-12-7-10(5-9-3-2-4-15-8-9)6-11(13(12)16)14(17)18/h6-7,9,15-16H,2-5,8H2,1H3,(H,17,18). The van der Waals surface area contributed by atoms with Crippen LogP contribution < -0.4 is 10.1 Å². The molecule has 0 saturated carbocycles. The van der Waals surface area contributed by atoms with Crippen LogP contribution in [0.2, 0.25) is 0 Å². The summed E-state index contributed by atoms with van der Waals surface area (Å²) in [5.41, 5.74) is 0.791. The highest BCUT2D eigenvalue weighted by Gasteiger charge is 2.19. The molecule has 1 atom stereocenters. The fraction of sp³-hybridized carbons (Fsp3) is 0.500. The van der Waals surface area contributed by atoms with Crippen LogP contribution in [-0.4, -0.2) is 36.4 Å². The Balaban J connectivity index is 2.24. The Morgan fingerprint density at radius 3 is 2.89 bits per heavy atom. The average Bonchev–Trinajstić information content (AvgIpc) is 2.41. The zero-order valence-corrected chi connectivity index (χ0v) is 11.0. The van der Waals surface area contributed by atoms with Crippen molar-refractivity contribution in [3.8, 4) is 11.5 Å². The quantitative estimate of drug-likeness (QED) is 0.771. The van der Waals surface area contributed by atoms with Gasteiger partial charge in [0, 0.05) is 0 Å². The van der Waals surface area contributed by atoms with Crippen molar-refractivity contribution in [1.29, 1.82) is 0 Å². The van der Waals surface area contributed by atoms with Crippen LogP contribution in [0.5, 0.6) is 11.5 Å². The summed E-state index contributed by atoms with van der Waals surface area (Å²) >= 11 is 0. The third-order valence-electron chi connectivity index (χ3n) is 3.51. The van der Waals surface area contributed by atoms with E-state index in [1.54, 1.807) is 6.07 Å². The van der Waals surface area contributed by atoms with Gasteiger partial charge in [-0.05, 0) is 56.0 Å². The summed E-state index contributed by atoms with van der Waals surface area (Å²) in [5, 5.41) is 22.2. The van der Waals surface area contributed by atoms with Crippen LogP contribution in [0.25, 0.3) is 0 Å². The Bertz CT molecular complexity index is 467. The minimum Gasteiger partial charge on any atom is -0.504 e. The highest BCUT2D eigenvalue weighted by atomic mass is 16.5. The van der Waals surface area contributed by atoms with Crippen LogP contribution in [0.4, 0.5) is 0 Å². The predicted molar refractivity (Wildman–Crippen MR) is 70.9 cm³/mol. The summed E-state index contributed by atoms with van der Waals surface area (Å²) in [6, 6.07) is 3.26. The molecule has 0 bridgehead atoms. The smallest absolute Gasteiger partial charge is 0.339 e. The summed E-state index contributed by atoms with van der Waals surface area (Å²) < 4.78 is 5.04. The molecule has 1 heterocycles. The summed E-state index contributed by atoms with van der Waals surface area (Å²) in [7, 11) is 1.42. The molecule has 0 spiro atoms. The van der Waals surface area contributed by atoms with E-state index in [4.69, 9.17) is 9.84 Å². The van der Waals surface area contributed by atoms with E-state index >= 15 is 0 Å². The van der Waals surface area contributed by atoms with Crippen molar-refractivity contribution < 1.29 is 19.7 Å². The first-order valence-corrected chi connectivity index (χ1v) is 6.45. The lowest BCUT2D eigenvalue weighted by molar-refractivity contribution is 0.0693. The van der Waals surface area contributed by atoms with Gasteiger partial charge in [-0.1, -0.05) is 0 Å². The summed E-state index contributed by atoms with van der Waals surface area (Å²) in [4.78, 5) is 11.1. The molecular formula is C14H19NO4. The Labute approximate surface area is 112 Å². The van der Waals surface area contributed by atoms with Crippen molar-refractivity contribution in [3.63, 3.8) is 0 Å². The van der Waals surface area contributed by atoms with Crippen LogP contribution in [0.3, 0.4) is 0 Å². The fourth-order valence-electron chi connectivity index (χ4n) is 2.53. The van der Waals surface area contributed by atoms with Crippen molar-refractivity contribution in [3.05, 3.63) is 23.3 Å². The van der Waals surface area contributed by atoms with Gasteiger partial charge in [0.1, 0.15) is 5.56 Å². The SMILES string of the molecule is COc1cc(CC2CCCNC2)cc(C(=O)O)c1O. The van der Waals surface area contributed by atoms with Crippen LogP contribution >= 0.6 is 0 Å². The molecule has 1 unspecified atom stereocenters. The third kappa shape index (κ3) is 3.17. The Morgan fingerprint density at radius 2 is 2.32 bits per heavy atom. The number of carboxylic acid groups (broad SMARTS) is 1. The molecule has 19 heavy (non-hydrogen) atoms. The maximum Gasteiger partial charge on any atom is 0.339 e. The lowest BCUT2D eigenvalue weighted by Crippen LogP contribution is -2.30. The third-order valence-corrected chi connectivity index (χ3v) is 3.51. The first-order chi connectivity index (χ1) is 9.11. The number of phenols is 1. The van der Waals surface area contributed by atoms with E-state index in [-0.39, 0.29) is 17.1 Å². The number of ether oxygens (including phenoxy) is 1. The van der Waals surface area contributed by atoms with E-state index in [0.29, 0.717) is 5.92 Å². The number of benzene rings is 1. The number of methoxy groups -OCH3 is 1. The molecule has 3 N–H and O–H groups in total. The molecule has 0 radical (unpaired) electrons. The zero-order valence-electron chi connectivity index (χ0n) is 11.0.